The van der Waals surface area contributed by atoms with E-state index in [2.05, 4.69) is 9.97 Å². The molecule has 5 nitrogen and oxygen atoms in total. The smallest absolute Gasteiger partial charge is 0.338 e. The van der Waals surface area contributed by atoms with Gasteiger partial charge in [-0.1, -0.05) is 0 Å². The minimum absolute atomic E-state index is 0.0759. The molecule has 2 aromatic heterocycles. The zero-order chi connectivity index (χ0) is 12.3. The van der Waals surface area contributed by atoms with Gasteiger partial charge in [0.1, 0.15) is 5.69 Å². The summed E-state index contributed by atoms with van der Waals surface area (Å²) in [5, 5.41) is 8.95. The lowest BCUT2D eigenvalue weighted by molar-refractivity contribution is 0.0692. The van der Waals surface area contributed by atoms with Crippen LogP contribution in [0.15, 0.2) is 42.9 Å². The second kappa shape index (κ2) is 4.52. The first-order valence-corrected chi connectivity index (χ1v) is 4.83. The molecule has 0 radical (unpaired) electrons. The van der Waals surface area contributed by atoms with Gasteiger partial charge in [-0.15, -0.1) is 0 Å². The van der Waals surface area contributed by atoms with Crippen LogP contribution in [-0.2, 0) is 0 Å². The highest BCUT2D eigenvalue weighted by Gasteiger charge is 2.18. The number of carbonyl (C=O) groups excluding carboxylic acids is 1. The molecule has 2 heterocycles. The van der Waals surface area contributed by atoms with Gasteiger partial charge in [0.15, 0.2) is 0 Å². The highest BCUT2D eigenvalue weighted by atomic mass is 16.4. The molecule has 2 rings (SSSR count). The highest BCUT2D eigenvalue weighted by Crippen LogP contribution is 2.11. The van der Waals surface area contributed by atoms with Crippen LogP contribution in [-0.4, -0.2) is 26.8 Å². The molecule has 0 bridgehead atoms. The van der Waals surface area contributed by atoms with E-state index in [1.165, 1.54) is 30.7 Å². The molecule has 0 fully saturated rings. The van der Waals surface area contributed by atoms with Gasteiger partial charge in [0.25, 0.3) is 0 Å². The Bertz CT molecular complexity index is 567. The molecule has 0 aliphatic rings. The minimum Gasteiger partial charge on any atom is -0.478 e. The standard InChI is InChI=1S/C12H8N2O3/c15-11(8-3-1-5-13-7-8)10-9(12(16)17)4-2-6-14-10/h1-7H,(H,16,17). The van der Waals surface area contributed by atoms with Crippen LogP contribution < -0.4 is 0 Å². The topological polar surface area (TPSA) is 80.1 Å². The molecule has 1 N–H and O–H groups in total. The Morgan fingerprint density at radius 2 is 1.88 bits per heavy atom. The van der Waals surface area contributed by atoms with Crippen molar-refractivity contribution in [2.45, 2.75) is 0 Å². The van der Waals surface area contributed by atoms with Crippen molar-refractivity contribution >= 4 is 11.8 Å². The lowest BCUT2D eigenvalue weighted by Gasteiger charge is -2.03. The van der Waals surface area contributed by atoms with Gasteiger partial charge in [-0.25, -0.2) is 4.79 Å². The van der Waals surface area contributed by atoms with Crippen LogP contribution in [0.25, 0.3) is 0 Å². The Balaban J connectivity index is 2.48. The molecule has 0 atom stereocenters. The second-order valence-corrected chi connectivity index (χ2v) is 3.28. The van der Waals surface area contributed by atoms with Crippen LogP contribution in [0.5, 0.6) is 0 Å². The summed E-state index contributed by atoms with van der Waals surface area (Å²) in [5.74, 6) is -1.62. The number of pyridine rings is 2. The summed E-state index contributed by atoms with van der Waals surface area (Å²) in [6.45, 7) is 0. The number of nitrogens with zero attached hydrogens (tertiary/aromatic N) is 2. The number of hydrogen-bond acceptors (Lipinski definition) is 4. The molecule has 84 valence electrons. The number of carbonyl (C=O) groups is 2. The number of ketones is 1. The maximum atomic E-state index is 12.0. The van der Waals surface area contributed by atoms with Crippen molar-refractivity contribution in [1.29, 1.82) is 0 Å². The minimum atomic E-state index is -1.18. The number of carboxylic acids is 1. The molecule has 0 unspecified atom stereocenters. The van der Waals surface area contributed by atoms with Crippen molar-refractivity contribution in [3.63, 3.8) is 0 Å². The van der Waals surface area contributed by atoms with Gasteiger partial charge in [0, 0.05) is 24.2 Å². The predicted molar refractivity (Wildman–Crippen MR) is 58.9 cm³/mol. The monoisotopic (exact) mass is 228 g/mol. The van der Waals surface area contributed by atoms with Crippen LogP contribution in [0.2, 0.25) is 0 Å². The van der Waals surface area contributed by atoms with Gasteiger partial charge >= 0.3 is 5.97 Å². The Kier molecular flexibility index (Phi) is 2.91. The fourth-order valence-corrected chi connectivity index (χ4v) is 1.39. The zero-order valence-electron chi connectivity index (χ0n) is 8.70. The summed E-state index contributed by atoms with van der Waals surface area (Å²) in [5.41, 5.74) is 0.128. The third kappa shape index (κ3) is 2.17. The summed E-state index contributed by atoms with van der Waals surface area (Å²) in [6, 6.07) is 5.99. The molecule has 0 aliphatic carbocycles. The Hall–Kier alpha value is -2.56. The van der Waals surface area contributed by atoms with Gasteiger partial charge in [0.2, 0.25) is 5.78 Å². The Labute approximate surface area is 96.8 Å². The fourth-order valence-electron chi connectivity index (χ4n) is 1.39. The van der Waals surface area contributed by atoms with Gasteiger partial charge in [-0.3, -0.25) is 14.8 Å². The fraction of sp³-hybridized carbons (Fsp3) is 0. The average molecular weight is 228 g/mol. The molecule has 0 aromatic carbocycles. The zero-order valence-corrected chi connectivity index (χ0v) is 8.70. The molecule has 2 aromatic rings. The van der Waals surface area contributed by atoms with E-state index in [1.807, 2.05) is 0 Å². The van der Waals surface area contributed by atoms with Gasteiger partial charge < -0.3 is 5.11 Å². The van der Waals surface area contributed by atoms with Gasteiger partial charge in [-0.2, -0.15) is 0 Å². The van der Waals surface area contributed by atoms with E-state index in [0.717, 1.165) is 0 Å². The first-order chi connectivity index (χ1) is 8.20. The van der Waals surface area contributed by atoms with Crippen molar-refractivity contribution in [2.75, 3.05) is 0 Å². The Morgan fingerprint density at radius 1 is 1.12 bits per heavy atom. The number of carboxylic acid groups (broad SMARTS) is 1. The number of hydrogen-bond donors (Lipinski definition) is 1. The van der Waals surface area contributed by atoms with E-state index < -0.39 is 11.8 Å². The summed E-state index contributed by atoms with van der Waals surface area (Å²) < 4.78 is 0. The van der Waals surface area contributed by atoms with Gasteiger partial charge in [0.05, 0.1) is 5.56 Å². The van der Waals surface area contributed by atoms with E-state index >= 15 is 0 Å². The van der Waals surface area contributed by atoms with Gasteiger partial charge in [-0.05, 0) is 24.3 Å². The summed E-state index contributed by atoms with van der Waals surface area (Å²) in [6.07, 6.45) is 4.30. The Morgan fingerprint density at radius 3 is 2.53 bits per heavy atom. The quantitative estimate of drug-likeness (QED) is 0.803. The number of aromatic nitrogens is 2. The molecule has 0 spiro atoms. The molecule has 17 heavy (non-hydrogen) atoms. The first-order valence-electron chi connectivity index (χ1n) is 4.83. The van der Waals surface area contributed by atoms with Crippen molar-refractivity contribution in [2.24, 2.45) is 0 Å². The molecule has 5 heteroatoms. The van der Waals surface area contributed by atoms with Crippen molar-refractivity contribution in [3.8, 4) is 0 Å². The van der Waals surface area contributed by atoms with Crippen LogP contribution in [0.3, 0.4) is 0 Å². The van der Waals surface area contributed by atoms with E-state index in [4.69, 9.17) is 5.11 Å². The third-order valence-electron chi connectivity index (χ3n) is 2.18. The molecular weight excluding hydrogens is 220 g/mol. The average Bonchev–Trinajstić information content (AvgIpc) is 2.39. The van der Waals surface area contributed by atoms with E-state index in [0.29, 0.717) is 5.56 Å². The van der Waals surface area contributed by atoms with Crippen LogP contribution in [0.1, 0.15) is 26.4 Å². The van der Waals surface area contributed by atoms with Crippen molar-refractivity contribution in [3.05, 3.63) is 59.7 Å². The normalized spacial score (nSPS) is 9.88. The summed E-state index contributed by atoms with van der Waals surface area (Å²) >= 11 is 0. The maximum Gasteiger partial charge on any atom is 0.338 e. The van der Waals surface area contributed by atoms with E-state index in [9.17, 15) is 9.59 Å². The molecule has 0 aliphatic heterocycles. The van der Waals surface area contributed by atoms with E-state index in [1.54, 1.807) is 12.1 Å². The lowest BCUT2D eigenvalue weighted by Crippen LogP contribution is -2.11. The number of rotatable bonds is 3. The SMILES string of the molecule is O=C(O)c1cccnc1C(=O)c1cccnc1. The summed E-state index contributed by atoms with van der Waals surface area (Å²) in [4.78, 5) is 30.6. The summed E-state index contributed by atoms with van der Waals surface area (Å²) in [7, 11) is 0. The number of aromatic carboxylic acids is 1. The van der Waals surface area contributed by atoms with E-state index in [-0.39, 0.29) is 11.3 Å². The maximum absolute atomic E-state index is 12.0. The molecule has 0 saturated heterocycles. The molecular formula is C12H8N2O3. The first kappa shape index (κ1) is 10.9. The third-order valence-corrected chi connectivity index (χ3v) is 2.18. The largest absolute Gasteiger partial charge is 0.478 e. The second-order valence-electron chi connectivity index (χ2n) is 3.28. The van der Waals surface area contributed by atoms with Crippen LogP contribution in [0, 0.1) is 0 Å². The van der Waals surface area contributed by atoms with Crippen molar-refractivity contribution < 1.29 is 14.7 Å². The lowest BCUT2D eigenvalue weighted by atomic mass is 10.1. The molecule has 0 saturated carbocycles. The van der Waals surface area contributed by atoms with Crippen molar-refractivity contribution in [1.82, 2.24) is 9.97 Å². The highest BCUT2D eigenvalue weighted by molar-refractivity contribution is 6.12. The van der Waals surface area contributed by atoms with Crippen LogP contribution >= 0.6 is 0 Å². The predicted octanol–water partition coefficient (Wildman–Crippen LogP) is 1.41. The van der Waals surface area contributed by atoms with Crippen LogP contribution in [0.4, 0.5) is 0 Å². The molecule has 0 amide bonds.